The normalized spacial score (nSPS) is 12.8. The number of nitrogens with zero attached hydrogens (tertiary/aromatic N) is 3. The van der Waals surface area contributed by atoms with Crippen molar-refractivity contribution in [2.45, 2.75) is 32.5 Å². The van der Waals surface area contributed by atoms with Crippen molar-refractivity contribution in [2.75, 3.05) is 6.54 Å². The van der Waals surface area contributed by atoms with Gasteiger partial charge in [0.15, 0.2) is 0 Å². The number of nitrogens with one attached hydrogen (secondary N) is 1. The van der Waals surface area contributed by atoms with Crippen LogP contribution in [0.25, 0.3) is 0 Å². The minimum atomic E-state index is -0.481. The topological polar surface area (TPSA) is 76.1 Å². The predicted molar refractivity (Wildman–Crippen MR) is 65.8 cm³/mol. The van der Waals surface area contributed by atoms with Crippen LogP contribution in [-0.4, -0.2) is 32.5 Å². The highest BCUT2D eigenvalue weighted by molar-refractivity contribution is 4.93. The lowest BCUT2D eigenvalue weighted by Crippen LogP contribution is -2.30. The van der Waals surface area contributed by atoms with Crippen molar-refractivity contribution in [1.29, 1.82) is 0 Å². The van der Waals surface area contributed by atoms with Gasteiger partial charge in [-0.05, 0) is 6.07 Å². The second-order valence-electron chi connectivity index (χ2n) is 4.09. The van der Waals surface area contributed by atoms with Crippen molar-refractivity contribution in [3.63, 3.8) is 0 Å². The van der Waals surface area contributed by atoms with Gasteiger partial charge in [0, 0.05) is 25.4 Å². The summed E-state index contributed by atoms with van der Waals surface area (Å²) in [5.41, 5.74) is 0. The third kappa shape index (κ3) is 3.68. The van der Waals surface area contributed by atoms with Crippen LogP contribution in [0.15, 0.2) is 29.1 Å². The van der Waals surface area contributed by atoms with E-state index < -0.39 is 6.10 Å². The Kier molecular flexibility index (Phi) is 4.49. The molecule has 98 valence electrons. The molecule has 6 heteroatoms. The molecule has 0 fully saturated rings. The summed E-state index contributed by atoms with van der Waals surface area (Å²) in [6.45, 7) is 3.50. The second-order valence-corrected chi connectivity index (χ2v) is 4.09. The summed E-state index contributed by atoms with van der Waals surface area (Å²) in [6.07, 6.45) is 5.61. The first-order valence-electron chi connectivity index (χ1n) is 6.07. The molecule has 2 aromatic heterocycles. The monoisotopic (exact) mass is 250 g/mol. The lowest BCUT2D eigenvalue weighted by atomic mass is 10.3. The van der Waals surface area contributed by atoms with Crippen LogP contribution >= 0.6 is 0 Å². The number of hydrogen-bond acceptors (Lipinski definition) is 5. The molecule has 0 spiro atoms. The molecule has 0 saturated carbocycles. The predicted octanol–water partition coefficient (Wildman–Crippen LogP) is 0.584. The lowest BCUT2D eigenvalue weighted by molar-refractivity contribution is 0.145. The van der Waals surface area contributed by atoms with Crippen LogP contribution in [0, 0.1) is 0 Å². The van der Waals surface area contributed by atoms with Gasteiger partial charge in [0.2, 0.25) is 5.89 Å². The largest absolute Gasteiger partial charge is 0.444 e. The minimum Gasteiger partial charge on any atom is -0.444 e. The molecule has 2 aromatic rings. The fourth-order valence-electron chi connectivity index (χ4n) is 1.63. The van der Waals surface area contributed by atoms with Crippen LogP contribution in [0.3, 0.4) is 0 Å². The van der Waals surface area contributed by atoms with Gasteiger partial charge in [-0.25, -0.2) is 4.98 Å². The number of aliphatic hydroxyl groups is 1. The van der Waals surface area contributed by atoms with Crippen molar-refractivity contribution >= 4 is 0 Å². The molecule has 18 heavy (non-hydrogen) atoms. The van der Waals surface area contributed by atoms with Crippen molar-refractivity contribution in [1.82, 2.24) is 20.1 Å². The van der Waals surface area contributed by atoms with Gasteiger partial charge < -0.3 is 14.8 Å². The summed E-state index contributed by atoms with van der Waals surface area (Å²) in [6, 6.07) is 1.83. The first kappa shape index (κ1) is 12.8. The molecule has 1 unspecified atom stereocenters. The summed E-state index contributed by atoms with van der Waals surface area (Å²) in [7, 11) is 0. The van der Waals surface area contributed by atoms with E-state index in [9.17, 15) is 5.11 Å². The number of oxazole rings is 1. The Labute approximate surface area is 106 Å². The maximum atomic E-state index is 9.78. The van der Waals surface area contributed by atoms with Crippen LogP contribution in [0.2, 0.25) is 0 Å². The van der Waals surface area contributed by atoms with Crippen LogP contribution in [0.5, 0.6) is 0 Å². The summed E-state index contributed by atoms with van der Waals surface area (Å²) < 4.78 is 7.15. The molecule has 0 saturated heterocycles. The van der Waals surface area contributed by atoms with E-state index >= 15 is 0 Å². The summed E-state index contributed by atoms with van der Waals surface area (Å²) in [4.78, 5) is 4.13. The van der Waals surface area contributed by atoms with Crippen molar-refractivity contribution in [3.8, 4) is 0 Å². The fraction of sp³-hybridized carbons (Fsp3) is 0.500. The Morgan fingerprint density at radius 1 is 1.56 bits per heavy atom. The molecular weight excluding hydrogens is 232 g/mol. The molecule has 2 rings (SSSR count). The maximum Gasteiger partial charge on any atom is 0.208 e. The summed E-state index contributed by atoms with van der Waals surface area (Å²) in [5.74, 6) is 1.53. The fourth-order valence-corrected chi connectivity index (χ4v) is 1.63. The van der Waals surface area contributed by atoms with E-state index in [0.29, 0.717) is 25.5 Å². The van der Waals surface area contributed by atoms with Gasteiger partial charge in [0.1, 0.15) is 5.76 Å². The molecular formula is C12H18N4O2. The van der Waals surface area contributed by atoms with E-state index in [4.69, 9.17) is 4.42 Å². The highest BCUT2D eigenvalue weighted by Gasteiger charge is 2.06. The first-order valence-corrected chi connectivity index (χ1v) is 6.07. The third-order valence-corrected chi connectivity index (χ3v) is 2.56. The number of aryl methyl sites for hydroxylation is 1. The van der Waals surface area contributed by atoms with Gasteiger partial charge in [-0.2, -0.15) is 5.10 Å². The maximum absolute atomic E-state index is 9.78. The number of rotatable bonds is 7. The molecule has 0 aliphatic rings. The van der Waals surface area contributed by atoms with E-state index in [1.165, 1.54) is 0 Å². The van der Waals surface area contributed by atoms with Crippen molar-refractivity contribution in [3.05, 3.63) is 36.3 Å². The van der Waals surface area contributed by atoms with Gasteiger partial charge in [0.25, 0.3) is 0 Å². The van der Waals surface area contributed by atoms with Crippen molar-refractivity contribution < 1.29 is 9.52 Å². The molecule has 1 atom stereocenters. The molecule has 0 aliphatic heterocycles. The highest BCUT2D eigenvalue weighted by Crippen LogP contribution is 2.03. The Morgan fingerprint density at radius 2 is 2.44 bits per heavy atom. The Morgan fingerprint density at radius 3 is 3.11 bits per heavy atom. The molecule has 0 bridgehead atoms. The zero-order valence-corrected chi connectivity index (χ0v) is 10.4. The Bertz CT molecular complexity index is 452. The van der Waals surface area contributed by atoms with Gasteiger partial charge in [0.05, 0.1) is 25.4 Å². The van der Waals surface area contributed by atoms with Gasteiger partial charge in [-0.3, -0.25) is 4.68 Å². The lowest BCUT2D eigenvalue weighted by Gasteiger charge is -2.10. The number of aromatic nitrogens is 3. The molecule has 0 aromatic carbocycles. The molecule has 0 radical (unpaired) electrons. The van der Waals surface area contributed by atoms with Gasteiger partial charge >= 0.3 is 0 Å². The molecule has 2 heterocycles. The van der Waals surface area contributed by atoms with E-state index in [0.717, 1.165) is 12.2 Å². The van der Waals surface area contributed by atoms with Gasteiger partial charge in [-0.15, -0.1) is 0 Å². The summed E-state index contributed by atoms with van der Waals surface area (Å²) in [5, 5.41) is 16.9. The van der Waals surface area contributed by atoms with Gasteiger partial charge in [-0.1, -0.05) is 6.92 Å². The number of aliphatic hydroxyl groups excluding tert-OH is 1. The Balaban J connectivity index is 1.68. The van der Waals surface area contributed by atoms with Crippen LogP contribution < -0.4 is 5.32 Å². The van der Waals surface area contributed by atoms with E-state index in [1.807, 2.05) is 19.2 Å². The molecule has 6 nitrogen and oxygen atoms in total. The highest BCUT2D eigenvalue weighted by atomic mass is 16.4. The van der Waals surface area contributed by atoms with Crippen LogP contribution in [-0.2, 0) is 19.5 Å². The van der Waals surface area contributed by atoms with E-state index in [2.05, 4.69) is 15.4 Å². The smallest absolute Gasteiger partial charge is 0.208 e. The van der Waals surface area contributed by atoms with Crippen LogP contribution in [0.4, 0.5) is 0 Å². The quantitative estimate of drug-likeness (QED) is 0.752. The zero-order valence-electron chi connectivity index (χ0n) is 10.4. The average molecular weight is 250 g/mol. The van der Waals surface area contributed by atoms with E-state index in [1.54, 1.807) is 17.1 Å². The number of hydrogen-bond donors (Lipinski definition) is 2. The summed E-state index contributed by atoms with van der Waals surface area (Å²) >= 11 is 0. The van der Waals surface area contributed by atoms with Crippen LogP contribution in [0.1, 0.15) is 18.6 Å². The molecule has 0 amide bonds. The Hall–Kier alpha value is -1.66. The third-order valence-electron chi connectivity index (χ3n) is 2.56. The standard InChI is InChI=1S/C12H18N4O2/c1-2-11-7-14-12(18-11)8-13-6-10(17)9-16-5-3-4-15-16/h3-5,7,10,13,17H,2,6,8-9H2,1H3. The van der Waals surface area contributed by atoms with Crippen molar-refractivity contribution in [2.24, 2.45) is 0 Å². The SMILES string of the molecule is CCc1cnc(CNCC(O)Cn2cccn2)o1. The molecule has 2 N–H and O–H groups in total. The first-order chi connectivity index (χ1) is 8.78. The minimum absolute atomic E-state index is 0.476. The second kappa shape index (κ2) is 6.32. The average Bonchev–Trinajstić information content (AvgIpc) is 3.00. The van der Waals surface area contributed by atoms with E-state index in [-0.39, 0.29) is 0 Å². The molecule has 0 aliphatic carbocycles. The zero-order chi connectivity index (χ0) is 12.8.